The Hall–Kier alpha value is -2.64. The number of methoxy groups -OCH3 is 1. The van der Waals surface area contributed by atoms with Gasteiger partial charge in [-0.05, 0) is 54.4 Å². The maximum absolute atomic E-state index is 13.0. The van der Waals surface area contributed by atoms with Gasteiger partial charge in [-0.1, -0.05) is 47.5 Å². The van der Waals surface area contributed by atoms with Gasteiger partial charge in [-0.3, -0.25) is 9.69 Å². The van der Waals surface area contributed by atoms with Crippen LogP contribution in [0.1, 0.15) is 33.3 Å². The minimum Gasteiger partial charge on any atom is -0.497 e. The molecule has 0 bridgehead atoms. The van der Waals surface area contributed by atoms with Crippen molar-refractivity contribution in [3.8, 4) is 5.75 Å². The average molecular weight is 514 g/mol. The number of rotatable bonds is 8. The molecule has 3 aromatic rings. The predicted molar refractivity (Wildman–Crippen MR) is 138 cm³/mol. The second-order valence-electron chi connectivity index (χ2n) is 8.62. The highest BCUT2D eigenvalue weighted by molar-refractivity contribution is 6.30. The van der Waals surface area contributed by atoms with Crippen LogP contribution >= 0.6 is 23.2 Å². The number of ether oxygens (including phenoxy) is 2. The number of halogens is 2. The van der Waals surface area contributed by atoms with Crippen LogP contribution in [0.3, 0.4) is 0 Å². The summed E-state index contributed by atoms with van der Waals surface area (Å²) in [5.74, 6) is 0.777. The van der Waals surface area contributed by atoms with Crippen molar-refractivity contribution < 1.29 is 14.3 Å². The second-order valence-corrected chi connectivity index (χ2v) is 9.44. The van der Waals surface area contributed by atoms with E-state index in [9.17, 15) is 4.79 Å². The van der Waals surface area contributed by atoms with Crippen LogP contribution < -0.4 is 4.74 Å². The first kappa shape index (κ1) is 25.5. The monoisotopic (exact) mass is 513 g/mol. The van der Waals surface area contributed by atoms with Crippen molar-refractivity contribution in [3.63, 3.8) is 0 Å². The van der Waals surface area contributed by atoms with Crippen molar-refractivity contribution >= 4 is 29.1 Å². The van der Waals surface area contributed by atoms with Gasteiger partial charge in [0, 0.05) is 49.0 Å². The molecule has 1 aliphatic rings. The van der Waals surface area contributed by atoms with Gasteiger partial charge in [-0.15, -0.1) is 0 Å². The fourth-order valence-corrected chi connectivity index (χ4v) is 4.69. The third kappa shape index (κ3) is 6.95. The lowest BCUT2D eigenvalue weighted by Crippen LogP contribution is -2.49. The predicted octanol–water partition coefficient (Wildman–Crippen LogP) is 5.42. The number of aromatic nitrogens is 1. The molecule has 0 aliphatic carbocycles. The van der Waals surface area contributed by atoms with E-state index in [1.807, 2.05) is 54.3 Å². The summed E-state index contributed by atoms with van der Waals surface area (Å²) >= 11 is 12.2. The molecule has 0 spiro atoms. The summed E-state index contributed by atoms with van der Waals surface area (Å²) in [4.78, 5) is 21.3. The number of aryl methyl sites for hydroxylation is 1. The van der Waals surface area contributed by atoms with Crippen LogP contribution in [-0.2, 0) is 11.3 Å². The maximum Gasteiger partial charge on any atom is 0.254 e. The highest BCUT2D eigenvalue weighted by Crippen LogP contribution is 2.26. The summed E-state index contributed by atoms with van der Waals surface area (Å²) < 4.78 is 11.8. The van der Waals surface area contributed by atoms with E-state index in [-0.39, 0.29) is 12.0 Å². The summed E-state index contributed by atoms with van der Waals surface area (Å²) in [6, 6.07) is 19.1. The van der Waals surface area contributed by atoms with Crippen LogP contribution in [0.15, 0.2) is 60.7 Å². The Morgan fingerprint density at radius 2 is 1.80 bits per heavy atom. The molecule has 1 saturated heterocycles. The molecule has 1 fully saturated rings. The Labute approximate surface area is 216 Å². The van der Waals surface area contributed by atoms with Gasteiger partial charge in [0.1, 0.15) is 10.9 Å². The summed E-state index contributed by atoms with van der Waals surface area (Å²) in [7, 11) is 1.66. The lowest BCUT2D eigenvalue weighted by molar-refractivity contribution is 0.00333. The first-order chi connectivity index (χ1) is 16.9. The number of benzene rings is 2. The third-order valence-electron chi connectivity index (χ3n) is 6.06. The molecule has 1 aromatic heterocycles. The summed E-state index contributed by atoms with van der Waals surface area (Å²) in [6.45, 7) is 5.77. The number of hydrogen-bond donors (Lipinski definition) is 0. The second kappa shape index (κ2) is 11.9. The molecule has 184 valence electrons. The van der Waals surface area contributed by atoms with Crippen molar-refractivity contribution in [2.75, 3.05) is 39.8 Å². The molecule has 4 rings (SSSR count). The first-order valence-electron chi connectivity index (χ1n) is 11.6. The SMILES string of the molecule is COc1cccc(C(CN2CCN(C(=O)c3cc(C)nc(Cl)c3)CC2)OCc2cccc(Cl)c2)c1. The zero-order valence-electron chi connectivity index (χ0n) is 19.9. The smallest absolute Gasteiger partial charge is 0.254 e. The van der Waals surface area contributed by atoms with E-state index in [1.54, 1.807) is 19.2 Å². The van der Waals surface area contributed by atoms with Gasteiger partial charge >= 0.3 is 0 Å². The number of carbonyl (C=O) groups excluding carboxylic acids is 1. The molecule has 1 atom stereocenters. The fourth-order valence-electron chi connectivity index (χ4n) is 4.22. The standard InChI is InChI=1S/C27H29Cl2N3O3/c1-19-13-22(16-26(29)30-19)27(33)32-11-9-31(10-12-32)17-25(21-6-4-8-24(15-21)34-2)35-18-20-5-3-7-23(28)14-20/h3-8,13-16,25H,9-12,17-18H2,1-2H3. The molecule has 1 amide bonds. The van der Waals surface area contributed by atoms with Crippen LogP contribution in [0.4, 0.5) is 0 Å². The Kier molecular flexibility index (Phi) is 8.63. The first-order valence-corrected chi connectivity index (χ1v) is 12.3. The topological polar surface area (TPSA) is 54.9 Å². The Morgan fingerprint density at radius 1 is 1.03 bits per heavy atom. The van der Waals surface area contributed by atoms with E-state index < -0.39 is 0 Å². The maximum atomic E-state index is 13.0. The number of carbonyl (C=O) groups is 1. The minimum atomic E-state index is -0.159. The molecule has 0 saturated carbocycles. The van der Waals surface area contributed by atoms with Crippen molar-refractivity contribution in [3.05, 3.63) is 93.2 Å². The number of hydrogen-bond acceptors (Lipinski definition) is 5. The molecule has 8 heteroatoms. The quantitative estimate of drug-likeness (QED) is 0.376. The van der Waals surface area contributed by atoms with Crippen LogP contribution in [0, 0.1) is 6.92 Å². The van der Waals surface area contributed by atoms with Crippen LogP contribution in [0.2, 0.25) is 10.2 Å². The minimum absolute atomic E-state index is 0.0152. The van der Waals surface area contributed by atoms with Crippen LogP contribution in [-0.4, -0.2) is 60.5 Å². The van der Waals surface area contributed by atoms with E-state index >= 15 is 0 Å². The van der Waals surface area contributed by atoms with Crippen molar-refractivity contribution in [2.24, 2.45) is 0 Å². The molecule has 1 aliphatic heterocycles. The summed E-state index contributed by atoms with van der Waals surface area (Å²) in [5.41, 5.74) is 3.38. The molecule has 2 aromatic carbocycles. The zero-order chi connectivity index (χ0) is 24.8. The highest BCUT2D eigenvalue weighted by Gasteiger charge is 2.25. The Morgan fingerprint density at radius 3 is 2.51 bits per heavy atom. The number of pyridine rings is 1. The summed E-state index contributed by atoms with van der Waals surface area (Å²) in [6.07, 6.45) is -0.159. The van der Waals surface area contributed by atoms with Crippen molar-refractivity contribution in [1.29, 1.82) is 0 Å². The largest absolute Gasteiger partial charge is 0.497 e. The van der Waals surface area contributed by atoms with E-state index in [4.69, 9.17) is 32.7 Å². The fraction of sp³-hybridized carbons (Fsp3) is 0.333. The van der Waals surface area contributed by atoms with Gasteiger partial charge in [0.25, 0.3) is 5.91 Å². The highest BCUT2D eigenvalue weighted by atomic mass is 35.5. The molecule has 6 nitrogen and oxygen atoms in total. The molecule has 1 unspecified atom stereocenters. The normalized spacial score (nSPS) is 15.1. The molecule has 0 N–H and O–H groups in total. The van der Waals surface area contributed by atoms with Gasteiger partial charge in [0.15, 0.2) is 0 Å². The lowest BCUT2D eigenvalue weighted by atomic mass is 10.1. The Balaban J connectivity index is 1.41. The van der Waals surface area contributed by atoms with Gasteiger partial charge in [0.05, 0.1) is 19.8 Å². The number of piperazine rings is 1. The number of amides is 1. The van der Waals surface area contributed by atoms with E-state index in [0.29, 0.717) is 42.0 Å². The van der Waals surface area contributed by atoms with Crippen molar-refractivity contribution in [2.45, 2.75) is 19.6 Å². The zero-order valence-corrected chi connectivity index (χ0v) is 21.4. The van der Waals surface area contributed by atoms with Crippen molar-refractivity contribution in [1.82, 2.24) is 14.8 Å². The molecule has 0 radical (unpaired) electrons. The lowest BCUT2D eigenvalue weighted by Gasteiger charge is -2.36. The summed E-state index contributed by atoms with van der Waals surface area (Å²) in [5, 5.41) is 1.03. The molecular weight excluding hydrogens is 485 g/mol. The Bertz CT molecular complexity index is 1150. The van der Waals surface area contributed by atoms with Gasteiger partial charge in [-0.2, -0.15) is 0 Å². The van der Waals surface area contributed by atoms with Gasteiger partial charge in [-0.25, -0.2) is 4.98 Å². The van der Waals surface area contributed by atoms with E-state index in [1.165, 1.54) is 0 Å². The number of nitrogens with zero attached hydrogens (tertiary/aromatic N) is 3. The van der Waals surface area contributed by atoms with E-state index in [2.05, 4.69) is 16.0 Å². The molecule has 35 heavy (non-hydrogen) atoms. The van der Waals surface area contributed by atoms with Crippen LogP contribution in [0.25, 0.3) is 0 Å². The molecule has 2 heterocycles. The van der Waals surface area contributed by atoms with Crippen LogP contribution in [0.5, 0.6) is 5.75 Å². The average Bonchev–Trinajstić information content (AvgIpc) is 2.86. The third-order valence-corrected chi connectivity index (χ3v) is 6.49. The van der Waals surface area contributed by atoms with E-state index in [0.717, 1.165) is 35.7 Å². The van der Waals surface area contributed by atoms with Gasteiger partial charge < -0.3 is 14.4 Å². The van der Waals surface area contributed by atoms with Gasteiger partial charge in [0.2, 0.25) is 0 Å². The molecular formula is C27H29Cl2N3O3.